The quantitative estimate of drug-likeness (QED) is 0.745. The van der Waals surface area contributed by atoms with Gasteiger partial charge in [0.2, 0.25) is 5.91 Å². The fourth-order valence-corrected chi connectivity index (χ4v) is 2.53. The van der Waals surface area contributed by atoms with Gasteiger partial charge in [-0.25, -0.2) is 0 Å². The van der Waals surface area contributed by atoms with E-state index in [-0.39, 0.29) is 17.9 Å². The number of hydrogen-bond acceptors (Lipinski definition) is 3. The van der Waals surface area contributed by atoms with Crippen LogP contribution in [0.15, 0.2) is 0 Å². The largest absolute Gasteiger partial charge is 0.481 e. The summed E-state index contributed by atoms with van der Waals surface area (Å²) >= 11 is 0. The highest BCUT2D eigenvalue weighted by molar-refractivity contribution is 5.86. The molecule has 0 bridgehead atoms. The third-order valence-corrected chi connectivity index (χ3v) is 3.54. The van der Waals surface area contributed by atoms with Crippen molar-refractivity contribution >= 4 is 11.9 Å². The van der Waals surface area contributed by atoms with Crippen LogP contribution in [0.3, 0.4) is 0 Å². The van der Waals surface area contributed by atoms with Crippen molar-refractivity contribution in [2.75, 3.05) is 19.8 Å². The smallest absolute Gasteiger partial charge is 0.308 e. The van der Waals surface area contributed by atoms with Crippen LogP contribution in [-0.4, -0.2) is 47.2 Å². The Morgan fingerprint density at radius 1 is 1.62 bits per heavy atom. The minimum atomic E-state index is -0.879. The van der Waals surface area contributed by atoms with Gasteiger partial charge in [-0.05, 0) is 19.8 Å². The minimum Gasteiger partial charge on any atom is -0.481 e. The van der Waals surface area contributed by atoms with E-state index >= 15 is 0 Å². The van der Waals surface area contributed by atoms with Crippen LogP contribution in [0.1, 0.15) is 26.2 Å². The van der Waals surface area contributed by atoms with Gasteiger partial charge < -0.3 is 14.7 Å². The third-order valence-electron chi connectivity index (χ3n) is 3.54. The molecule has 2 rings (SSSR count). The molecule has 5 nitrogen and oxygen atoms in total. The molecule has 0 spiro atoms. The SMILES string of the molecule is CC1(N2CC(C(=O)O)CC2=O)CCCOC1. The number of amides is 1. The first-order valence-electron chi connectivity index (χ1n) is 5.64. The Kier molecular flexibility index (Phi) is 2.88. The molecule has 1 amide bonds. The molecule has 2 aliphatic heterocycles. The molecule has 2 atom stereocenters. The summed E-state index contributed by atoms with van der Waals surface area (Å²) in [5, 5.41) is 8.92. The van der Waals surface area contributed by atoms with Crippen molar-refractivity contribution in [1.29, 1.82) is 0 Å². The summed E-state index contributed by atoms with van der Waals surface area (Å²) in [7, 11) is 0. The number of carbonyl (C=O) groups is 2. The number of rotatable bonds is 2. The van der Waals surface area contributed by atoms with Crippen molar-refractivity contribution in [2.45, 2.75) is 31.7 Å². The Morgan fingerprint density at radius 3 is 2.88 bits per heavy atom. The predicted molar refractivity (Wildman–Crippen MR) is 55.9 cm³/mol. The van der Waals surface area contributed by atoms with E-state index < -0.39 is 11.9 Å². The van der Waals surface area contributed by atoms with Crippen LogP contribution in [0, 0.1) is 5.92 Å². The number of hydrogen-bond donors (Lipinski definition) is 1. The molecule has 1 N–H and O–H groups in total. The first-order chi connectivity index (χ1) is 7.53. The molecule has 0 saturated carbocycles. The molecule has 2 aliphatic rings. The number of carboxylic acids is 1. The summed E-state index contributed by atoms with van der Waals surface area (Å²) in [5.74, 6) is -1.48. The summed E-state index contributed by atoms with van der Waals surface area (Å²) in [6.07, 6.45) is 1.95. The number of nitrogens with zero attached hydrogens (tertiary/aromatic N) is 1. The molecular formula is C11H17NO4. The maximum absolute atomic E-state index is 11.8. The van der Waals surface area contributed by atoms with Gasteiger partial charge in [-0.2, -0.15) is 0 Å². The molecule has 2 fully saturated rings. The van der Waals surface area contributed by atoms with Gasteiger partial charge >= 0.3 is 5.97 Å². The Hall–Kier alpha value is -1.10. The maximum Gasteiger partial charge on any atom is 0.308 e. The number of aliphatic carboxylic acids is 1. The molecular weight excluding hydrogens is 210 g/mol. The van der Waals surface area contributed by atoms with Crippen molar-refractivity contribution in [3.8, 4) is 0 Å². The van der Waals surface area contributed by atoms with E-state index in [2.05, 4.69) is 0 Å². The highest BCUT2D eigenvalue weighted by atomic mass is 16.5. The second-order valence-corrected chi connectivity index (χ2v) is 4.90. The van der Waals surface area contributed by atoms with E-state index in [0.717, 1.165) is 19.4 Å². The van der Waals surface area contributed by atoms with Gasteiger partial charge in [-0.1, -0.05) is 0 Å². The molecule has 2 heterocycles. The van der Waals surface area contributed by atoms with Crippen LogP contribution in [-0.2, 0) is 14.3 Å². The van der Waals surface area contributed by atoms with Crippen molar-refractivity contribution in [3.63, 3.8) is 0 Å². The zero-order chi connectivity index (χ0) is 11.8. The summed E-state index contributed by atoms with van der Waals surface area (Å²) < 4.78 is 5.40. The monoisotopic (exact) mass is 227 g/mol. The van der Waals surface area contributed by atoms with E-state index in [9.17, 15) is 9.59 Å². The number of carboxylic acid groups (broad SMARTS) is 1. The first kappa shape index (κ1) is 11.4. The predicted octanol–water partition coefficient (Wildman–Crippen LogP) is 0.489. The number of ether oxygens (including phenoxy) is 1. The van der Waals surface area contributed by atoms with Gasteiger partial charge in [0.05, 0.1) is 18.1 Å². The Morgan fingerprint density at radius 2 is 2.38 bits per heavy atom. The van der Waals surface area contributed by atoms with E-state index in [1.54, 1.807) is 4.90 Å². The van der Waals surface area contributed by atoms with Crippen LogP contribution in [0.4, 0.5) is 0 Å². The highest BCUT2D eigenvalue weighted by Gasteiger charge is 2.44. The summed E-state index contributed by atoms with van der Waals surface area (Å²) in [5.41, 5.74) is -0.306. The molecule has 5 heteroatoms. The number of carbonyl (C=O) groups excluding carboxylic acids is 1. The second-order valence-electron chi connectivity index (χ2n) is 4.90. The van der Waals surface area contributed by atoms with Crippen LogP contribution >= 0.6 is 0 Å². The lowest BCUT2D eigenvalue weighted by Gasteiger charge is -2.41. The molecule has 2 unspecified atom stereocenters. The van der Waals surface area contributed by atoms with E-state index in [4.69, 9.17) is 9.84 Å². The van der Waals surface area contributed by atoms with Crippen molar-refractivity contribution in [1.82, 2.24) is 4.90 Å². The molecule has 0 aromatic carbocycles. The second kappa shape index (κ2) is 4.05. The van der Waals surface area contributed by atoms with E-state index in [0.29, 0.717) is 13.2 Å². The fraction of sp³-hybridized carbons (Fsp3) is 0.818. The normalized spacial score (nSPS) is 35.4. The Bertz CT molecular complexity index is 309. The third kappa shape index (κ3) is 1.91. The lowest BCUT2D eigenvalue weighted by Crippen LogP contribution is -2.52. The van der Waals surface area contributed by atoms with Gasteiger partial charge in [-0.15, -0.1) is 0 Å². The van der Waals surface area contributed by atoms with Gasteiger partial charge in [0.1, 0.15) is 0 Å². The Balaban J connectivity index is 2.09. The maximum atomic E-state index is 11.8. The van der Waals surface area contributed by atoms with Gasteiger partial charge in [0.25, 0.3) is 0 Å². The van der Waals surface area contributed by atoms with Crippen molar-refractivity contribution in [2.24, 2.45) is 5.92 Å². The van der Waals surface area contributed by atoms with Crippen molar-refractivity contribution < 1.29 is 19.4 Å². The van der Waals surface area contributed by atoms with Crippen molar-refractivity contribution in [3.05, 3.63) is 0 Å². The average molecular weight is 227 g/mol. The molecule has 0 aromatic heterocycles. The zero-order valence-electron chi connectivity index (χ0n) is 9.44. The standard InChI is InChI=1S/C11H17NO4/c1-11(3-2-4-16-7-11)12-6-8(10(14)15)5-9(12)13/h8H,2-7H2,1H3,(H,14,15). The summed E-state index contributed by atoms with van der Waals surface area (Å²) in [6.45, 7) is 3.56. The molecule has 0 aliphatic carbocycles. The van der Waals surface area contributed by atoms with Gasteiger partial charge in [0, 0.05) is 19.6 Å². The lowest BCUT2D eigenvalue weighted by atomic mass is 9.93. The lowest BCUT2D eigenvalue weighted by molar-refractivity contribution is -0.141. The zero-order valence-corrected chi connectivity index (χ0v) is 9.44. The minimum absolute atomic E-state index is 0.0552. The Labute approximate surface area is 94.4 Å². The first-order valence-corrected chi connectivity index (χ1v) is 5.64. The van der Waals surface area contributed by atoms with E-state index in [1.807, 2.05) is 6.92 Å². The molecule has 2 saturated heterocycles. The fourth-order valence-electron chi connectivity index (χ4n) is 2.53. The van der Waals surface area contributed by atoms with Crippen LogP contribution in [0.2, 0.25) is 0 Å². The van der Waals surface area contributed by atoms with Crippen LogP contribution < -0.4 is 0 Å². The number of likely N-dealkylation sites (tertiary alicyclic amines) is 1. The van der Waals surface area contributed by atoms with E-state index in [1.165, 1.54) is 0 Å². The topological polar surface area (TPSA) is 66.8 Å². The molecule has 16 heavy (non-hydrogen) atoms. The molecule has 0 aromatic rings. The summed E-state index contributed by atoms with van der Waals surface area (Å²) in [4.78, 5) is 24.4. The molecule has 90 valence electrons. The average Bonchev–Trinajstić information content (AvgIpc) is 2.62. The van der Waals surface area contributed by atoms with Crippen LogP contribution in [0.5, 0.6) is 0 Å². The highest BCUT2D eigenvalue weighted by Crippen LogP contribution is 2.32. The van der Waals surface area contributed by atoms with Gasteiger partial charge in [0.15, 0.2) is 0 Å². The summed E-state index contributed by atoms with van der Waals surface area (Å²) in [6, 6.07) is 0. The van der Waals surface area contributed by atoms with Gasteiger partial charge in [-0.3, -0.25) is 9.59 Å². The molecule has 0 radical (unpaired) electrons. The van der Waals surface area contributed by atoms with Crippen LogP contribution in [0.25, 0.3) is 0 Å².